The van der Waals surface area contributed by atoms with Gasteiger partial charge in [0.2, 0.25) is 0 Å². The maximum absolute atomic E-state index is 12.8. The zero-order valence-corrected chi connectivity index (χ0v) is 22.8. The lowest BCUT2D eigenvalue weighted by Crippen LogP contribution is -2.70. The molecule has 4 fully saturated rings. The van der Waals surface area contributed by atoms with Gasteiger partial charge in [-0.3, -0.25) is 4.79 Å². The highest BCUT2D eigenvalue weighted by atomic mass is 16.4. The smallest absolute Gasteiger partial charge is 0.310 e. The van der Waals surface area contributed by atoms with Crippen molar-refractivity contribution in [1.82, 2.24) is 0 Å². The van der Waals surface area contributed by atoms with Crippen molar-refractivity contribution in [2.24, 2.45) is 56.7 Å². The molecule has 0 amide bonds. The third-order valence-electron chi connectivity index (χ3n) is 13.2. The maximum atomic E-state index is 12.8. The highest BCUT2D eigenvalue weighted by Crippen LogP contribution is 2.75. The fourth-order valence-electron chi connectivity index (χ4n) is 11.2. The van der Waals surface area contributed by atoms with Gasteiger partial charge in [0.25, 0.3) is 0 Å². The molecule has 5 nitrogen and oxygen atoms in total. The number of carboxylic acids is 1. The second-order valence-electron chi connectivity index (χ2n) is 14.8. The number of carbonyl (C=O) groups is 1. The van der Waals surface area contributed by atoms with Crippen molar-refractivity contribution in [3.05, 3.63) is 11.6 Å². The van der Waals surface area contributed by atoms with E-state index in [0.29, 0.717) is 31.1 Å². The molecule has 0 saturated heterocycles. The van der Waals surface area contributed by atoms with Gasteiger partial charge < -0.3 is 20.4 Å². The SMILES string of the molecule is C[C@H]1[C@H](C)CC[C@]2(C(=O)O)CC[C@]3(C)C(=CC[C@@H]4[C@@]5(C)C[C@@H](O)[C@H](O)C(C)(C)[C@@H]5[C@H](O)C[C@]43C)[C@H]12. The molecule has 5 rings (SSSR count). The predicted molar refractivity (Wildman–Crippen MR) is 135 cm³/mol. The minimum absolute atomic E-state index is 0.0400. The number of fused-ring (bicyclic) bond motifs is 7. The van der Waals surface area contributed by atoms with Gasteiger partial charge in [-0.25, -0.2) is 0 Å². The van der Waals surface area contributed by atoms with Gasteiger partial charge in [0, 0.05) is 0 Å². The zero-order valence-electron chi connectivity index (χ0n) is 22.8. The molecule has 0 aromatic heterocycles. The van der Waals surface area contributed by atoms with Crippen LogP contribution in [0.1, 0.15) is 93.4 Å². The molecule has 4 N–H and O–H groups in total. The Morgan fingerprint density at radius 3 is 2.23 bits per heavy atom. The summed E-state index contributed by atoms with van der Waals surface area (Å²) in [6, 6.07) is 0. The second kappa shape index (κ2) is 7.57. The molecular weight excluding hydrogens is 440 g/mol. The molecule has 0 heterocycles. The summed E-state index contributed by atoms with van der Waals surface area (Å²) < 4.78 is 0. The van der Waals surface area contributed by atoms with E-state index in [1.165, 1.54) is 5.57 Å². The number of aliphatic hydroxyl groups is 3. The molecule has 0 bridgehead atoms. The fourth-order valence-corrected chi connectivity index (χ4v) is 11.2. The van der Waals surface area contributed by atoms with Crippen LogP contribution in [0, 0.1) is 56.7 Å². The van der Waals surface area contributed by atoms with E-state index in [9.17, 15) is 25.2 Å². The summed E-state index contributed by atoms with van der Waals surface area (Å²) in [7, 11) is 0. The van der Waals surface area contributed by atoms with E-state index in [1.807, 2.05) is 13.8 Å². The van der Waals surface area contributed by atoms with Crippen molar-refractivity contribution in [1.29, 1.82) is 0 Å². The Morgan fingerprint density at radius 1 is 0.943 bits per heavy atom. The van der Waals surface area contributed by atoms with E-state index in [-0.39, 0.29) is 34.0 Å². The van der Waals surface area contributed by atoms with E-state index in [4.69, 9.17) is 0 Å². The first-order chi connectivity index (χ1) is 16.1. The molecule has 0 radical (unpaired) electrons. The predicted octanol–water partition coefficient (Wildman–Crippen LogP) is 5.03. The summed E-state index contributed by atoms with van der Waals surface area (Å²) >= 11 is 0. The van der Waals surface area contributed by atoms with Gasteiger partial charge in [-0.1, -0.05) is 60.1 Å². The van der Waals surface area contributed by atoms with Gasteiger partial charge in [-0.15, -0.1) is 0 Å². The summed E-state index contributed by atoms with van der Waals surface area (Å²) in [6.07, 6.45) is 5.46. The van der Waals surface area contributed by atoms with Gasteiger partial charge in [0.15, 0.2) is 0 Å². The van der Waals surface area contributed by atoms with Gasteiger partial charge in [-0.2, -0.15) is 0 Å². The number of carboxylic acid groups (broad SMARTS) is 1. The summed E-state index contributed by atoms with van der Waals surface area (Å²) in [4.78, 5) is 12.8. The number of aliphatic hydroxyl groups excluding tert-OH is 3. The van der Waals surface area contributed by atoms with Crippen LogP contribution in [0.4, 0.5) is 0 Å². The van der Waals surface area contributed by atoms with E-state index < -0.39 is 35.1 Å². The standard InChI is InChI=1S/C30H48O5/c1-16-10-11-30(25(34)35)13-12-28(6)18(22(30)17(16)2)8-9-21-27(5)14-20(32)24(33)26(3,4)23(27)19(31)15-29(21,28)7/h8,16-17,19-24,31-33H,9-15H2,1-7H3,(H,34,35)/t16-,17+,19-,20-,21-,22+,23+,24+,27-,28-,29-,30+/m1/s1. The highest BCUT2D eigenvalue weighted by Gasteiger charge is 2.72. The maximum Gasteiger partial charge on any atom is 0.310 e. The lowest BCUT2D eigenvalue weighted by Gasteiger charge is -2.72. The topological polar surface area (TPSA) is 98.0 Å². The van der Waals surface area contributed by atoms with Gasteiger partial charge in [0.05, 0.1) is 23.7 Å². The van der Waals surface area contributed by atoms with Crippen LogP contribution < -0.4 is 0 Å². The zero-order chi connectivity index (χ0) is 25.9. The first kappa shape index (κ1) is 25.7. The third-order valence-corrected chi connectivity index (χ3v) is 13.2. The summed E-state index contributed by atoms with van der Waals surface area (Å²) in [6.45, 7) is 15.5. The van der Waals surface area contributed by atoms with Crippen LogP contribution in [0.25, 0.3) is 0 Å². The van der Waals surface area contributed by atoms with Crippen LogP contribution >= 0.6 is 0 Å². The molecule has 0 aliphatic heterocycles. The molecular formula is C30H48O5. The fraction of sp³-hybridized carbons (Fsp3) is 0.900. The number of aliphatic carboxylic acids is 1. The largest absolute Gasteiger partial charge is 0.481 e. The molecule has 4 saturated carbocycles. The number of allylic oxidation sites excluding steroid dienone is 2. The minimum Gasteiger partial charge on any atom is -0.481 e. The Labute approximate surface area is 211 Å². The number of rotatable bonds is 1. The van der Waals surface area contributed by atoms with Crippen molar-refractivity contribution < 1.29 is 25.2 Å². The Balaban J connectivity index is 1.65. The normalized spacial score (nSPS) is 57.1. The monoisotopic (exact) mass is 488 g/mol. The second-order valence-corrected chi connectivity index (χ2v) is 14.8. The van der Waals surface area contributed by atoms with E-state index in [1.54, 1.807) is 0 Å². The molecule has 35 heavy (non-hydrogen) atoms. The van der Waals surface area contributed by atoms with Crippen LogP contribution in [-0.2, 0) is 4.79 Å². The molecule has 12 atom stereocenters. The summed E-state index contributed by atoms with van der Waals surface area (Å²) in [5, 5.41) is 44.2. The quantitative estimate of drug-likeness (QED) is 0.388. The summed E-state index contributed by atoms with van der Waals surface area (Å²) in [5.74, 6) is 0.383. The van der Waals surface area contributed by atoms with Crippen LogP contribution in [0.3, 0.4) is 0 Å². The van der Waals surface area contributed by atoms with Crippen molar-refractivity contribution >= 4 is 5.97 Å². The first-order valence-electron chi connectivity index (χ1n) is 14.1. The van der Waals surface area contributed by atoms with E-state index >= 15 is 0 Å². The van der Waals surface area contributed by atoms with Crippen LogP contribution in [0.5, 0.6) is 0 Å². The molecule has 5 aliphatic carbocycles. The minimum atomic E-state index is -0.847. The Morgan fingerprint density at radius 2 is 1.60 bits per heavy atom. The van der Waals surface area contributed by atoms with Crippen molar-refractivity contribution in [2.45, 2.75) is 112 Å². The number of hydrogen-bond donors (Lipinski definition) is 4. The third kappa shape index (κ3) is 2.95. The average molecular weight is 489 g/mol. The Kier molecular flexibility index (Phi) is 5.56. The van der Waals surface area contributed by atoms with Crippen LogP contribution in [-0.4, -0.2) is 44.7 Å². The molecule has 198 valence electrons. The lowest BCUT2D eigenvalue weighted by molar-refractivity contribution is -0.263. The molecule has 5 heteroatoms. The summed E-state index contributed by atoms with van der Waals surface area (Å²) in [5.41, 5.74) is -0.625. The van der Waals surface area contributed by atoms with Crippen LogP contribution in [0.15, 0.2) is 11.6 Å². The Bertz CT molecular complexity index is 941. The highest BCUT2D eigenvalue weighted by molar-refractivity contribution is 5.76. The Hall–Kier alpha value is -0.910. The van der Waals surface area contributed by atoms with Crippen molar-refractivity contribution in [3.63, 3.8) is 0 Å². The van der Waals surface area contributed by atoms with Gasteiger partial charge >= 0.3 is 5.97 Å². The van der Waals surface area contributed by atoms with Gasteiger partial charge in [0.1, 0.15) is 0 Å². The van der Waals surface area contributed by atoms with Crippen molar-refractivity contribution in [3.8, 4) is 0 Å². The molecule has 0 aromatic rings. The molecule has 0 spiro atoms. The lowest BCUT2D eigenvalue weighted by atomic mass is 9.32. The molecule has 0 aromatic carbocycles. The van der Waals surface area contributed by atoms with E-state index in [2.05, 4.69) is 40.7 Å². The number of hydrogen-bond acceptors (Lipinski definition) is 4. The molecule has 0 unspecified atom stereocenters. The molecule has 5 aliphatic rings. The average Bonchev–Trinajstić information content (AvgIpc) is 2.74. The van der Waals surface area contributed by atoms with Gasteiger partial charge in [-0.05, 0) is 96.2 Å². The van der Waals surface area contributed by atoms with Crippen molar-refractivity contribution in [2.75, 3.05) is 0 Å². The van der Waals surface area contributed by atoms with Crippen LogP contribution in [0.2, 0.25) is 0 Å². The van der Waals surface area contributed by atoms with E-state index in [0.717, 1.165) is 25.7 Å². The first-order valence-corrected chi connectivity index (χ1v) is 14.1.